The number of aromatic nitrogens is 1. The van der Waals surface area contributed by atoms with Gasteiger partial charge in [0.1, 0.15) is 11.3 Å². The summed E-state index contributed by atoms with van der Waals surface area (Å²) in [5, 5.41) is 1.25. The smallest absolute Gasteiger partial charge is 0.266 e. The number of ether oxygens (including phenoxy) is 2. The lowest BCUT2D eigenvalue weighted by Gasteiger charge is -2.27. The molecule has 0 atom stereocenters. The number of nitrogens with zero attached hydrogens (tertiary/aromatic N) is 3. The predicted octanol–water partition coefficient (Wildman–Crippen LogP) is 4.39. The summed E-state index contributed by atoms with van der Waals surface area (Å²) in [4.78, 5) is 21.9. The van der Waals surface area contributed by atoms with Crippen LogP contribution in [0.1, 0.15) is 12.0 Å². The molecule has 0 aliphatic carbocycles. The van der Waals surface area contributed by atoms with Crippen LogP contribution >= 0.6 is 22.9 Å². The van der Waals surface area contributed by atoms with Crippen LogP contribution in [0.5, 0.6) is 5.75 Å². The molecule has 2 heterocycles. The van der Waals surface area contributed by atoms with E-state index in [1.807, 2.05) is 49.4 Å². The van der Waals surface area contributed by atoms with Crippen LogP contribution in [0.15, 0.2) is 42.5 Å². The lowest BCUT2D eigenvalue weighted by molar-refractivity contribution is -0.120. The number of rotatable bonds is 8. The molecule has 2 aromatic carbocycles. The van der Waals surface area contributed by atoms with Crippen molar-refractivity contribution in [3.8, 4) is 5.75 Å². The third-order valence-electron chi connectivity index (χ3n) is 5.23. The Hall–Kier alpha value is -2.19. The van der Waals surface area contributed by atoms with E-state index in [0.29, 0.717) is 22.4 Å². The maximum atomic E-state index is 13.1. The van der Waals surface area contributed by atoms with Gasteiger partial charge in [-0.2, -0.15) is 0 Å². The zero-order valence-corrected chi connectivity index (χ0v) is 19.1. The Kier molecular flexibility index (Phi) is 7.40. The lowest BCUT2D eigenvalue weighted by Crippen LogP contribution is -2.40. The Balaban J connectivity index is 1.47. The summed E-state index contributed by atoms with van der Waals surface area (Å²) < 4.78 is 12.1. The van der Waals surface area contributed by atoms with Gasteiger partial charge < -0.3 is 9.47 Å². The van der Waals surface area contributed by atoms with Crippen LogP contribution in [0.2, 0.25) is 5.02 Å². The molecule has 164 valence electrons. The van der Waals surface area contributed by atoms with Crippen molar-refractivity contribution in [2.75, 3.05) is 50.9 Å². The van der Waals surface area contributed by atoms with Gasteiger partial charge in [-0.3, -0.25) is 14.6 Å². The van der Waals surface area contributed by atoms with E-state index < -0.39 is 0 Å². The highest BCUT2D eigenvalue weighted by Gasteiger charge is 2.21. The second-order valence-electron chi connectivity index (χ2n) is 7.54. The van der Waals surface area contributed by atoms with Crippen molar-refractivity contribution < 1.29 is 14.3 Å². The van der Waals surface area contributed by atoms with Gasteiger partial charge in [-0.15, -0.1) is 0 Å². The molecule has 1 saturated heterocycles. The number of morpholine rings is 1. The summed E-state index contributed by atoms with van der Waals surface area (Å²) in [6, 6.07) is 13.4. The monoisotopic (exact) mass is 459 g/mol. The van der Waals surface area contributed by atoms with Gasteiger partial charge in [-0.05, 0) is 37.6 Å². The molecule has 0 unspecified atom stereocenters. The van der Waals surface area contributed by atoms with Gasteiger partial charge in [0.15, 0.2) is 11.7 Å². The Morgan fingerprint density at radius 1 is 1.23 bits per heavy atom. The fraction of sp³-hybridized carbons (Fsp3) is 0.391. The van der Waals surface area contributed by atoms with Crippen molar-refractivity contribution >= 4 is 44.2 Å². The number of amides is 1. The molecule has 0 N–H and O–H groups in total. The quantitative estimate of drug-likeness (QED) is 0.500. The van der Waals surface area contributed by atoms with Crippen LogP contribution in [0, 0.1) is 6.92 Å². The normalized spacial score (nSPS) is 14.6. The first-order valence-corrected chi connectivity index (χ1v) is 11.6. The van der Waals surface area contributed by atoms with Gasteiger partial charge in [-0.1, -0.05) is 46.7 Å². The molecule has 0 radical (unpaired) electrons. The van der Waals surface area contributed by atoms with Crippen molar-refractivity contribution in [1.29, 1.82) is 0 Å². The van der Waals surface area contributed by atoms with Gasteiger partial charge in [0.2, 0.25) is 0 Å². The molecule has 3 aromatic rings. The van der Waals surface area contributed by atoms with Crippen LogP contribution in [0.3, 0.4) is 0 Å². The maximum absolute atomic E-state index is 13.1. The molecule has 8 heteroatoms. The Morgan fingerprint density at radius 3 is 2.74 bits per heavy atom. The Bertz CT molecular complexity index is 1020. The van der Waals surface area contributed by atoms with Gasteiger partial charge >= 0.3 is 0 Å². The van der Waals surface area contributed by atoms with E-state index in [9.17, 15) is 4.79 Å². The molecule has 1 aliphatic heterocycles. The third kappa shape index (κ3) is 5.74. The average Bonchev–Trinajstić information content (AvgIpc) is 3.22. The SMILES string of the molecule is Cc1ccc(OCC(=O)N(CCCN2CCOCC2)c2nc3c(Cl)cccc3s2)cc1. The lowest BCUT2D eigenvalue weighted by atomic mass is 10.2. The molecule has 6 nitrogen and oxygen atoms in total. The van der Waals surface area contributed by atoms with Crippen LogP contribution < -0.4 is 9.64 Å². The van der Waals surface area contributed by atoms with E-state index in [-0.39, 0.29) is 12.5 Å². The number of aryl methyl sites for hydroxylation is 1. The molecule has 1 amide bonds. The summed E-state index contributed by atoms with van der Waals surface area (Å²) in [5.41, 5.74) is 1.88. The van der Waals surface area contributed by atoms with Crippen LogP contribution in [0.25, 0.3) is 10.2 Å². The minimum Gasteiger partial charge on any atom is -0.484 e. The van der Waals surface area contributed by atoms with Crippen molar-refractivity contribution in [3.05, 3.63) is 53.1 Å². The summed E-state index contributed by atoms with van der Waals surface area (Å²) in [6.45, 7) is 6.87. The maximum Gasteiger partial charge on any atom is 0.266 e. The second-order valence-corrected chi connectivity index (χ2v) is 8.95. The summed E-state index contributed by atoms with van der Waals surface area (Å²) in [7, 11) is 0. The Morgan fingerprint density at radius 2 is 2.00 bits per heavy atom. The average molecular weight is 460 g/mol. The molecule has 4 rings (SSSR count). The number of para-hydroxylation sites is 1. The number of thiazole rings is 1. The fourth-order valence-electron chi connectivity index (χ4n) is 3.48. The molecular weight excluding hydrogens is 434 g/mol. The second kappa shape index (κ2) is 10.4. The summed E-state index contributed by atoms with van der Waals surface area (Å²) >= 11 is 7.79. The van der Waals surface area contributed by atoms with Crippen molar-refractivity contribution in [2.24, 2.45) is 0 Å². The summed E-state index contributed by atoms with van der Waals surface area (Å²) in [6.07, 6.45) is 0.847. The number of fused-ring (bicyclic) bond motifs is 1. The number of hydrogen-bond acceptors (Lipinski definition) is 6. The highest BCUT2D eigenvalue weighted by Crippen LogP contribution is 2.33. The van der Waals surface area contributed by atoms with Crippen molar-refractivity contribution in [1.82, 2.24) is 9.88 Å². The molecule has 1 aromatic heterocycles. The highest BCUT2D eigenvalue weighted by atomic mass is 35.5. The molecule has 1 fully saturated rings. The van der Waals surface area contributed by atoms with Gasteiger partial charge in [0.05, 0.1) is 22.9 Å². The standard InChI is InChI=1S/C23H26ClN3O3S/c1-17-6-8-18(9-7-17)30-16-21(28)27(11-3-10-26-12-14-29-15-13-26)23-25-22-19(24)4-2-5-20(22)31-23/h2,4-9H,3,10-16H2,1H3. The number of halogens is 1. The minimum absolute atomic E-state index is 0.0374. The zero-order chi connectivity index (χ0) is 21.6. The number of hydrogen-bond donors (Lipinski definition) is 0. The number of anilines is 1. The number of carbonyl (C=O) groups is 1. The van der Waals surface area contributed by atoms with Crippen molar-refractivity contribution in [3.63, 3.8) is 0 Å². The molecule has 1 aliphatic rings. The molecule has 0 spiro atoms. The number of carbonyl (C=O) groups excluding carboxylic acids is 1. The topological polar surface area (TPSA) is 54.9 Å². The Labute approximate surface area is 191 Å². The van der Waals surface area contributed by atoms with E-state index in [0.717, 1.165) is 55.0 Å². The highest BCUT2D eigenvalue weighted by molar-refractivity contribution is 7.22. The van der Waals surface area contributed by atoms with Gasteiger partial charge in [0, 0.05) is 26.2 Å². The molecule has 0 bridgehead atoms. The minimum atomic E-state index is -0.113. The number of benzene rings is 2. The first-order chi connectivity index (χ1) is 15.1. The van der Waals surface area contributed by atoms with Crippen LogP contribution in [-0.2, 0) is 9.53 Å². The largest absolute Gasteiger partial charge is 0.484 e. The van der Waals surface area contributed by atoms with E-state index in [2.05, 4.69) is 9.88 Å². The molecular formula is C23H26ClN3O3S. The van der Waals surface area contributed by atoms with E-state index in [4.69, 9.17) is 21.1 Å². The molecule has 31 heavy (non-hydrogen) atoms. The summed E-state index contributed by atoms with van der Waals surface area (Å²) in [5.74, 6) is 0.567. The first-order valence-electron chi connectivity index (χ1n) is 10.4. The third-order valence-corrected chi connectivity index (χ3v) is 6.58. The predicted molar refractivity (Wildman–Crippen MR) is 126 cm³/mol. The molecule has 0 saturated carbocycles. The van der Waals surface area contributed by atoms with E-state index in [1.54, 1.807) is 4.90 Å². The van der Waals surface area contributed by atoms with E-state index >= 15 is 0 Å². The van der Waals surface area contributed by atoms with Gasteiger partial charge in [-0.25, -0.2) is 4.98 Å². The van der Waals surface area contributed by atoms with Crippen molar-refractivity contribution in [2.45, 2.75) is 13.3 Å². The van der Waals surface area contributed by atoms with Crippen LogP contribution in [-0.4, -0.2) is 61.8 Å². The fourth-order valence-corrected chi connectivity index (χ4v) is 4.79. The van der Waals surface area contributed by atoms with Gasteiger partial charge in [0.25, 0.3) is 5.91 Å². The zero-order valence-electron chi connectivity index (χ0n) is 17.6. The van der Waals surface area contributed by atoms with Crippen LogP contribution in [0.4, 0.5) is 5.13 Å². The first kappa shape index (κ1) is 22.0. The van der Waals surface area contributed by atoms with E-state index in [1.165, 1.54) is 11.3 Å².